The molecular weight excluding hydrogens is 442 g/mol. The summed E-state index contributed by atoms with van der Waals surface area (Å²) in [5, 5.41) is 3.93. The van der Waals surface area contributed by atoms with Crippen LogP contribution < -0.4 is 10.7 Å². The summed E-state index contributed by atoms with van der Waals surface area (Å²) in [7, 11) is 0. The highest BCUT2D eigenvalue weighted by Crippen LogP contribution is 2.44. The maximum atomic E-state index is 13.0. The van der Waals surface area contributed by atoms with Gasteiger partial charge in [-0.05, 0) is 47.4 Å². The van der Waals surface area contributed by atoms with Crippen molar-refractivity contribution < 1.29 is 19.1 Å². The minimum Gasteiger partial charge on any atom is -0.449 e. The Labute approximate surface area is 208 Å². The Bertz CT molecular complexity index is 1000. The Morgan fingerprint density at radius 2 is 1.46 bits per heavy atom. The molecule has 2 N–H and O–H groups in total. The van der Waals surface area contributed by atoms with E-state index in [0.29, 0.717) is 18.9 Å². The van der Waals surface area contributed by atoms with Gasteiger partial charge in [-0.15, -0.1) is 0 Å². The number of ether oxygens (including phenoxy) is 1. The van der Waals surface area contributed by atoms with Gasteiger partial charge in [0, 0.05) is 18.9 Å². The highest BCUT2D eigenvalue weighted by Gasteiger charge is 2.30. The summed E-state index contributed by atoms with van der Waals surface area (Å²) in [5.41, 5.74) is 7.26. The summed E-state index contributed by atoms with van der Waals surface area (Å²) in [4.78, 5) is 37.9. The van der Waals surface area contributed by atoms with Crippen molar-refractivity contribution in [3.05, 3.63) is 59.7 Å². The topological polar surface area (TPSA) is 87.7 Å². The van der Waals surface area contributed by atoms with Crippen LogP contribution in [0.4, 0.5) is 4.79 Å². The van der Waals surface area contributed by atoms with Crippen molar-refractivity contribution in [2.75, 3.05) is 13.2 Å². The van der Waals surface area contributed by atoms with E-state index in [0.717, 1.165) is 28.7 Å². The third kappa shape index (κ3) is 6.84. The molecule has 0 unspecified atom stereocenters. The van der Waals surface area contributed by atoms with Gasteiger partial charge in [-0.25, -0.2) is 4.79 Å². The lowest BCUT2D eigenvalue weighted by Crippen LogP contribution is -2.55. The largest absolute Gasteiger partial charge is 0.449 e. The van der Waals surface area contributed by atoms with Crippen molar-refractivity contribution >= 4 is 17.9 Å². The molecule has 2 aromatic rings. The molecular formula is C28H37N3O4. The van der Waals surface area contributed by atoms with E-state index in [1.165, 1.54) is 5.01 Å². The maximum Gasteiger partial charge on any atom is 0.407 e. The van der Waals surface area contributed by atoms with Crippen LogP contribution in [0.5, 0.6) is 0 Å². The molecule has 7 nitrogen and oxygen atoms in total. The number of amides is 3. The summed E-state index contributed by atoms with van der Waals surface area (Å²) >= 11 is 0. The molecule has 0 aromatic heterocycles. The van der Waals surface area contributed by atoms with Gasteiger partial charge < -0.3 is 10.1 Å². The number of carbonyl (C=O) groups excluding carboxylic acids is 3. The van der Waals surface area contributed by atoms with Gasteiger partial charge in [0.25, 0.3) is 5.91 Å². The summed E-state index contributed by atoms with van der Waals surface area (Å²) in [5.74, 6) is -0.113. The normalized spacial score (nSPS) is 13.2. The molecule has 0 saturated carbocycles. The van der Waals surface area contributed by atoms with E-state index < -0.39 is 12.1 Å². The van der Waals surface area contributed by atoms with Crippen molar-refractivity contribution in [2.24, 2.45) is 11.8 Å². The molecule has 1 aliphatic carbocycles. The van der Waals surface area contributed by atoms with Crippen LogP contribution in [0.25, 0.3) is 11.1 Å². The summed E-state index contributed by atoms with van der Waals surface area (Å²) in [6.45, 7) is 10.1. The molecule has 0 fully saturated rings. The second kappa shape index (κ2) is 11.9. The minimum absolute atomic E-state index is 0.0585. The van der Waals surface area contributed by atoms with E-state index in [-0.39, 0.29) is 30.3 Å². The molecule has 2 aromatic carbocycles. The van der Waals surface area contributed by atoms with E-state index in [9.17, 15) is 14.4 Å². The summed E-state index contributed by atoms with van der Waals surface area (Å²) in [6, 6.07) is 15.4. The average molecular weight is 480 g/mol. The molecule has 0 radical (unpaired) electrons. The zero-order valence-corrected chi connectivity index (χ0v) is 21.3. The Morgan fingerprint density at radius 1 is 0.886 bits per heavy atom. The highest BCUT2D eigenvalue weighted by molar-refractivity contribution is 5.87. The number of alkyl carbamates (subject to hydrolysis) is 1. The Kier molecular flexibility index (Phi) is 8.90. The Balaban J connectivity index is 1.59. The average Bonchev–Trinajstić information content (AvgIpc) is 3.14. The smallest absolute Gasteiger partial charge is 0.407 e. The van der Waals surface area contributed by atoms with E-state index in [4.69, 9.17) is 4.74 Å². The molecule has 0 saturated heterocycles. The van der Waals surface area contributed by atoms with Gasteiger partial charge >= 0.3 is 6.09 Å². The maximum absolute atomic E-state index is 13.0. The standard InChI is InChI=1S/C28H37N3O4/c1-18(2)14-15-26(32)30-31(16-19(3)4)27(33)20(5)29-28(34)35-17-25-23-12-8-6-10-21(23)22-11-7-9-13-24(22)25/h6-13,18-20,25H,14-17H2,1-5H3,(H,29,34)(H,30,32)/t20-/m1/s1. The number of carbonyl (C=O) groups is 3. The molecule has 35 heavy (non-hydrogen) atoms. The molecule has 3 amide bonds. The third-order valence-electron chi connectivity index (χ3n) is 6.07. The predicted octanol–water partition coefficient (Wildman–Crippen LogP) is 4.87. The van der Waals surface area contributed by atoms with Gasteiger partial charge in [0.1, 0.15) is 12.6 Å². The zero-order chi connectivity index (χ0) is 25.5. The van der Waals surface area contributed by atoms with Crippen molar-refractivity contribution in [3.8, 4) is 11.1 Å². The number of hydrogen-bond acceptors (Lipinski definition) is 4. The molecule has 188 valence electrons. The van der Waals surface area contributed by atoms with Crippen LogP contribution in [0.3, 0.4) is 0 Å². The van der Waals surface area contributed by atoms with Crippen LogP contribution in [0.1, 0.15) is 64.5 Å². The van der Waals surface area contributed by atoms with Gasteiger partial charge in [0.05, 0.1) is 0 Å². The zero-order valence-electron chi connectivity index (χ0n) is 21.3. The van der Waals surface area contributed by atoms with Crippen molar-refractivity contribution in [3.63, 3.8) is 0 Å². The number of nitrogens with zero attached hydrogens (tertiary/aromatic N) is 1. The number of nitrogens with one attached hydrogen (secondary N) is 2. The molecule has 0 heterocycles. The fraction of sp³-hybridized carbons (Fsp3) is 0.464. The first kappa shape index (κ1) is 26.3. The van der Waals surface area contributed by atoms with Gasteiger partial charge in [0.15, 0.2) is 0 Å². The van der Waals surface area contributed by atoms with Gasteiger partial charge in [0.2, 0.25) is 5.91 Å². The molecule has 1 atom stereocenters. The minimum atomic E-state index is -0.852. The Hall–Kier alpha value is -3.35. The van der Waals surface area contributed by atoms with Crippen LogP contribution in [-0.2, 0) is 14.3 Å². The van der Waals surface area contributed by atoms with Crippen molar-refractivity contribution in [1.29, 1.82) is 0 Å². The number of hydrogen-bond donors (Lipinski definition) is 2. The number of rotatable bonds is 9. The van der Waals surface area contributed by atoms with Gasteiger partial charge in [-0.2, -0.15) is 0 Å². The number of fused-ring (bicyclic) bond motifs is 3. The summed E-state index contributed by atoms with van der Waals surface area (Å²) in [6.07, 6.45) is 0.417. The highest BCUT2D eigenvalue weighted by atomic mass is 16.5. The van der Waals surface area contributed by atoms with Crippen LogP contribution in [0.2, 0.25) is 0 Å². The Morgan fingerprint density at radius 3 is 2.00 bits per heavy atom. The van der Waals surface area contributed by atoms with E-state index in [1.807, 2.05) is 52.0 Å². The first-order valence-corrected chi connectivity index (χ1v) is 12.4. The van der Waals surface area contributed by atoms with Crippen LogP contribution >= 0.6 is 0 Å². The number of benzene rings is 2. The lowest BCUT2D eigenvalue weighted by molar-refractivity contribution is -0.143. The number of hydrazine groups is 1. The second-order valence-corrected chi connectivity index (χ2v) is 10.0. The van der Waals surface area contributed by atoms with Crippen LogP contribution in [0.15, 0.2) is 48.5 Å². The lowest BCUT2D eigenvalue weighted by Gasteiger charge is -2.28. The van der Waals surface area contributed by atoms with Gasteiger partial charge in [-0.3, -0.25) is 20.0 Å². The SMILES string of the molecule is CC(C)CCC(=O)NN(CC(C)C)C(=O)[C@@H](C)NC(=O)OCC1c2ccccc2-c2ccccc21. The molecule has 0 bridgehead atoms. The molecule has 3 rings (SSSR count). The molecule has 1 aliphatic rings. The lowest BCUT2D eigenvalue weighted by atomic mass is 9.98. The van der Waals surface area contributed by atoms with E-state index in [1.54, 1.807) is 6.92 Å². The fourth-order valence-corrected chi connectivity index (χ4v) is 4.29. The molecule has 0 spiro atoms. The van der Waals surface area contributed by atoms with E-state index in [2.05, 4.69) is 35.0 Å². The predicted molar refractivity (Wildman–Crippen MR) is 136 cm³/mol. The summed E-state index contributed by atoms with van der Waals surface area (Å²) < 4.78 is 5.56. The fourth-order valence-electron chi connectivity index (χ4n) is 4.29. The third-order valence-corrected chi connectivity index (χ3v) is 6.07. The van der Waals surface area contributed by atoms with E-state index >= 15 is 0 Å². The first-order chi connectivity index (χ1) is 16.7. The van der Waals surface area contributed by atoms with Crippen molar-refractivity contribution in [1.82, 2.24) is 15.8 Å². The first-order valence-electron chi connectivity index (χ1n) is 12.4. The van der Waals surface area contributed by atoms with Crippen LogP contribution in [-0.4, -0.2) is 42.1 Å². The molecule has 7 heteroatoms. The second-order valence-electron chi connectivity index (χ2n) is 10.0. The molecule has 0 aliphatic heterocycles. The monoisotopic (exact) mass is 479 g/mol. The van der Waals surface area contributed by atoms with Gasteiger partial charge in [-0.1, -0.05) is 76.2 Å². The van der Waals surface area contributed by atoms with Crippen molar-refractivity contribution in [2.45, 2.75) is 59.4 Å². The van der Waals surface area contributed by atoms with Crippen LogP contribution in [0, 0.1) is 11.8 Å². The quantitative estimate of drug-likeness (QED) is 0.503.